The van der Waals surface area contributed by atoms with Gasteiger partial charge in [0, 0.05) is 24.1 Å². The van der Waals surface area contributed by atoms with Crippen LogP contribution in [0.5, 0.6) is 0 Å². The summed E-state index contributed by atoms with van der Waals surface area (Å²) < 4.78 is 6.05. The maximum atomic E-state index is 6.05. The van der Waals surface area contributed by atoms with Gasteiger partial charge in [0.05, 0.1) is 6.10 Å². The van der Waals surface area contributed by atoms with Crippen LogP contribution in [0.15, 0.2) is 0 Å². The van der Waals surface area contributed by atoms with Crippen LogP contribution in [-0.4, -0.2) is 24.8 Å². The number of rotatable bonds is 6. The molecular weight excluding hydrogens is 234 g/mol. The maximum absolute atomic E-state index is 6.05. The fourth-order valence-electron chi connectivity index (χ4n) is 3.67. The Kier molecular flexibility index (Phi) is 4.94. The molecule has 0 saturated heterocycles. The van der Waals surface area contributed by atoms with E-state index >= 15 is 0 Å². The zero-order chi connectivity index (χ0) is 14.0. The Morgan fingerprint density at radius 1 is 1.16 bits per heavy atom. The topological polar surface area (TPSA) is 21.3 Å². The zero-order valence-corrected chi connectivity index (χ0v) is 13.5. The molecule has 2 unspecified atom stereocenters. The smallest absolute Gasteiger partial charge is 0.0656 e. The van der Waals surface area contributed by atoms with Crippen molar-refractivity contribution in [3.8, 4) is 0 Å². The van der Waals surface area contributed by atoms with Gasteiger partial charge in [0.25, 0.3) is 0 Å². The van der Waals surface area contributed by atoms with Crippen LogP contribution in [0.25, 0.3) is 0 Å². The van der Waals surface area contributed by atoms with E-state index in [1.165, 1.54) is 32.1 Å². The third kappa shape index (κ3) is 3.52. The van der Waals surface area contributed by atoms with Crippen LogP contribution in [0.4, 0.5) is 0 Å². The van der Waals surface area contributed by atoms with Gasteiger partial charge < -0.3 is 10.1 Å². The third-order valence-corrected chi connectivity index (χ3v) is 5.38. The van der Waals surface area contributed by atoms with Crippen molar-refractivity contribution < 1.29 is 4.74 Å². The summed E-state index contributed by atoms with van der Waals surface area (Å²) >= 11 is 0. The predicted molar refractivity (Wildman–Crippen MR) is 81.3 cm³/mol. The van der Waals surface area contributed by atoms with E-state index in [-0.39, 0.29) is 0 Å². The van der Waals surface area contributed by atoms with Crippen molar-refractivity contribution in [2.75, 3.05) is 6.61 Å². The zero-order valence-electron chi connectivity index (χ0n) is 13.5. The Bertz CT molecular complexity index is 281. The SMILES string of the molecule is CC(C)COC1CC(N[C@H](C)C2CCCC2)C1(C)C. The van der Waals surface area contributed by atoms with E-state index in [4.69, 9.17) is 4.74 Å². The van der Waals surface area contributed by atoms with Gasteiger partial charge in [0.2, 0.25) is 0 Å². The van der Waals surface area contributed by atoms with Crippen LogP contribution >= 0.6 is 0 Å². The summed E-state index contributed by atoms with van der Waals surface area (Å²) in [5.41, 5.74) is 0.293. The second-order valence-electron chi connectivity index (χ2n) is 7.83. The Hall–Kier alpha value is -0.0800. The van der Waals surface area contributed by atoms with Crippen molar-refractivity contribution in [3.63, 3.8) is 0 Å². The van der Waals surface area contributed by atoms with E-state index < -0.39 is 0 Å². The number of nitrogens with one attached hydrogen (secondary N) is 1. The molecule has 0 aromatic carbocycles. The third-order valence-electron chi connectivity index (χ3n) is 5.38. The molecule has 112 valence electrons. The predicted octanol–water partition coefficient (Wildman–Crippen LogP) is 3.99. The lowest BCUT2D eigenvalue weighted by Crippen LogP contribution is -2.63. The molecule has 3 atom stereocenters. The van der Waals surface area contributed by atoms with Gasteiger partial charge in [-0.25, -0.2) is 0 Å². The minimum absolute atomic E-state index is 0.293. The van der Waals surface area contributed by atoms with Crippen LogP contribution in [0.2, 0.25) is 0 Å². The van der Waals surface area contributed by atoms with Gasteiger partial charge in [0.15, 0.2) is 0 Å². The average molecular weight is 267 g/mol. The largest absolute Gasteiger partial charge is 0.377 e. The van der Waals surface area contributed by atoms with Gasteiger partial charge in [-0.05, 0) is 38.0 Å². The van der Waals surface area contributed by atoms with Crippen LogP contribution in [0, 0.1) is 17.3 Å². The van der Waals surface area contributed by atoms with Crippen molar-refractivity contribution in [3.05, 3.63) is 0 Å². The molecule has 0 radical (unpaired) electrons. The molecule has 0 aromatic heterocycles. The summed E-state index contributed by atoms with van der Waals surface area (Å²) in [5.74, 6) is 1.55. The van der Waals surface area contributed by atoms with E-state index in [2.05, 4.69) is 39.9 Å². The van der Waals surface area contributed by atoms with Crippen LogP contribution in [0.1, 0.15) is 66.7 Å². The van der Waals surface area contributed by atoms with E-state index in [1.54, 1.807) is 0 Å². The molecule has 0 aromatic rings. The molecule has 2 heteroatoms. The van der Waals surface area contributed by atoms with Crippen molar-refractivity contribution in [2.45, 2.75) is 84.9 Å². The maximum Gasteiger partial charge on any atom is 0.0656 e. The molecule has 1 N–H and O–H groups in total. The van der Waals surface area contributed by atoms with Crippen molar-refractivity contribution >= 4 is 0 Å². The van der Waals surface area contributed by atoms with Gasteiger partial charge in [-0.2, -0.15) is 0 Å². The summed E-state index contributed by atoms with van der Waals surface area (Å²) in [4.78, 5) is 0. The molecule has 0 aliphatic heterocycles. The first-order chi connectivity index (χ1) is 8.91. The highest BCUT2D eigenvalue weighted by atomic mass is 16.5. The first-order valence-electron chi connectivity index (χ1n) is 8.29. The lowest BCUT2D eigenvalue weighted by molar-refractivity contribution is -0.126. The van der Waals surface area contributed by atoms with Gasteiger partial charge in [0.1, 0.15) is 0 Å². The van der Waals surface area contributed by atoms with E-state index in [1.807, 2.05) is 0 Å². The molecule has 2 saturated carbocycles. The molecule has 2 fully saturated rings. The lowest BCUT2D eigenvalue weighted by Gasteiger charge is -2.53. The van der Waals surface area contributed by atoms with Crippen LogP contribution in [-0.2, 0) is 4.74 Å². The van der Waals surface area contributed by atoms with Crippen LogP contribution < -0.4 is 5.32 Å². The Labute approximate surface area is 119 Å². The van der Waals surface area contributed by atoms with E-state index in [0.29, 0.717) is 29.5 Å². The van der Waals surface area contributed by atoms with Gasteiger partial charge >= 0.3 is 0 Å². The summed E-state index contributed by atoms with van der Waals surface area (Å²) in [5, 5.41) is 3.89. The fourth-order valence-corrected chi connectivity index (χ4v) is 3.67. The van der Waals surface area contributed by atoms with Crippen molar-refractivity contribution in [2.24, 2.45) is 17.3 Å². The number of ether oxygens (including phenoxy) is 1. The number of hydrogen-bond donors (Lipinski definition) is 1. The molecule has 19 heavy (non-hydrogen) atoms. The Morgan fingerprint density at radius 3 is 2.32 bits per heavy atom. The van der Waals surface area contributed by atoms with Gasteiger partial charge in [-0.3, -0.25) is 0 Å². The van der Waals surface area contributed by atoms with E-state index in [0.717, 1.165) is 12.5 Å². The minimum Gasteiger partial charge on any atom is -0.377 e. The van der Waals surface area contributed by atoms with E-state index in [9.17, 15) is 0 Å². The first-order valence-corrected chi connectivity index (χ1v) is 8.29. The summed E-state index contributed by atoms with van der Waals surface area (Å²) in [6.45, 7) is 12.5. The molecule has 0 amide bonds. The van der Waals surface area contributed by atoms with Gasteiger partial charge in [-0.1, -0.05) is 40.5 Å². The molecule has 0 spiro atoms. The Morgan fingerprint density at radius 2 is 1.79 bits per heavy atom. The van der Waals surface area contributed by atoms with Crippen molar-refractivity contribution in [1.82, 2.24) is 5.32 Å². The summed E-state index contributed by atoms with van der Waals surface area (Å²) in [6.07, 6.45) is 7.36. The molecule has 2 aliphatic rings. The highest BCUT2D eigenvalue weighted by Crippen LogP contribution is 2.43. The minimum atomic E-state index is 0.293. The standard InChI is InChI=1S/C17H33NO/c1-12(2)11-19-16-10-15(17(16,4)5)18-13(3)14-8-6-7-9-14/h12-16,18H,6-11H2,1-5H3/t13-,15?,16?/m1/s1. The lowest BCUT2D eigenvalue weighted by atomic mass is 9.64. The van der Waals surface area contributed by atoms with Crippen molar-refractivity contribution in [1.29, 1.82) is 0 Å². The summed E-state index contributed by atoms with van der Waals surface area (Å²) in [6, 6.07) is 1.32. The van der Waals surface area contributed by atoms with Crippen LogP contribution in [0.3, 0.4) is 0 Å². The highest BCUT2D eigenvalue weighted by molar-refractivity contribution is 5.04. The number of hydrogen-bond acceptors (Lipinski definition) is 2. The molecule has 2 rings (SSSR count). The molecule has 2 aliphatic carbocycles. The van der Waals surface area contributed by atoms with Gasteiger partial charge in [-0.15, -0.1) is 0 Å². The normalized spacial score (nSPS) is 32.5. The molecule has 0 heterocycles. The monoisotopic (exact) mass is 267 g/mol. The first kappa shape index (κ1) is 15.3. The quantitative estimate of drug-likeness (QED) is 0.785. The highest BCUT2D eigenvalue weighted by Gasteiger charge is 2.49. The molecular formula is C17H33NO. The summed E-state index contributed by atoms with van der Waals surface area (Å²) in [7, 11) is 0. The molecule has 2 nitrogen and oxygen atoms in total. The average Bonchev–Trinajstić information content (AvgIpc) is 2.85. The Balaban J connectivity index is 1.76. The second kappa shape index (κ2) is 6.13. The fraction of sp³-hybridized carbons (Fsp3) is 1.00. The second-order valence-corrected chi connectivity index (χ2v) is 7.83. The molecule has 0 bridgehead atoms.